The lowest BCUT2D eigenvalue weighted by atomic mass is 9.84. The molecule has 0 saturated heterocycles. The third-order valence-electron chi connectivity index (χ3n) is 4.72. The molecule has 0 bridgehead atoms. The summed E-state index contributed by atoms with van der Waals surface area (Å²) in [4.78, 5) is 4.76. The van der Waals surface area contributed by atoms with Gasteiger partial charge in [-0.25, -0.2) is 4.98 Å². The van der Waals surface area contributed by atoms with Gasteiger partial charge in [-0.1, -0.05) is 31.4 Å². The largest absolute Gasteiger partial charge is 0.324 e. The van der Waals surface area contributed by atoms with Crippen molar-refractivity contribution in [2.24, 2.45) is 5.92 Å². The second kappa shape index (κ2) is 5.77. The summed E-state index contributed by atoms with van der Waals surface area (Å²) in [5, 5.41) is -0.0477. The monoisotopic (exact) mass is 290 g/mol. The lowest BCUT2D eigenvalue weighted by Gasteiger charge is -2.30. The summed E-state index contributed by atoms with van der Waals surface area (Å²) in [6.07, 6.45) is 6.81. The molecule has 1 fully saturated rings. The SMILES string of the molecule is CC(Cl)c1nc2ccccc2n1C(C)C1CCCCC1. The molecule has 1 aromatic heterocycles. The first-order chi connectivity index (χ1) is 9.68. The standard InChI is InChI=1S/C17H23ClN2/c1-12(18)17-19-15-10-6-7-11-16(15)20(17)13(2)14-8-4-3-5-9-14/h6-7,10-14H,3-5,8-9H2,1-2H3. The molecule has 2 aromatic rings. The number of benzene rings is 1. The van der Waals surface area contributed by atoms with Crippen molar-refractivity contribution < 1.29 is 0 Å². The molecule has 1 aromatic carbocycles. The van der Waals surface area contributed by atoms with Crippen LogP contribution in [0.2, 0.25) is 0 Å². The number of alkyl halides is 1. The zero-order valence-corrected chi connectivity index (χ0v) is 13.1. The van der Waals surface area contributed by atoms with Gasteiger partial charge in [0.15, 0.2) is 0 Å². The molecule has 2 unspecified atom stereocenters. The maximum atomic E-state index is 6.38. The van der Waals surface area contributed by atoms with Crippen LogP contribution in [-0.4, -0.2) is 9.55 Å². The van der Waals surface area contributed by atoms with Crippen LogP contribution >= 0.6 is 11.6 Å². The van der Waals surface area contributed by atoms with Gasteiger partial charge in [-0.05, 0) is 44.7 Å². The Labute approximate surface area is 126 Å². The smallest absolute Gasteiger partial charge is 0.127 e. The highest BCUT2D eigenvalue weighted by Crippen LogP contribution is 2.37. The maximum Gasteiger partial charge on any atom is 0.127 e. The van der Waals surface area contributed by atoms with Crippen LogP contribution in [0.25, 0.3) is 11.0 Å². The molecule has 1 aliphatic rings. The normalized spacial score (nSPS) is 20.1. The molecule has 20 heavy (non-hydrogen) atoms. The van der Waals surface area contributed by atoms with Gasteiger partial charge >= 0.3 is 0 Å². The molecule has 3 heteroatoms. The van der Waals surface area contributed by atoms with E-state index in [1.165, 1.54) is 37.6 Å². The fraction of sp³-hybridized carbons (Fsp3) is 0.588. The van der Waals surface area contributed by atoms with Crippen LogP contribution in [0.3, 0.4) is 0 Å². The number of halogens is 1. The quantitative estimate of drug-likeness (QED) is 0.685. The summed E-state index contributed by atoms with van der Waals surface area (Å²) in [7, 11) is 0. The van der Waals surface area contributed by atoms with Gasteiger partial charge in [0.2, 0.25) is 0 Å². The first-order valence-electron chi connectivity index (χ1n) is 7.79. The van der Waals surface area contributed by atoms with Gasteiger partial charge in [-0.2, -0.15) is 0 Å². The first kappa shape index (κ1) is 13.9. The highest BCUT2D eigenvalue weighted by molar-refractivity contribution is 6.20. The van der Waals surface area contributed by atoms with Gasteiger partial charge in [0.25, 0.3) is 0 Å². The molecular formula is C17H23ClN2. The van der Waals surface area contributed by atoms with E-state index in [2.05, 4.69) is 29.7 Å². The summed E-state index contributed by atoms with van der Waals surface area (Å²) in [5.41, 5.74) is 2.30. The van der Waals surface area contributed by atoms with Crippen LogP contribution < -0.4 is 0 Å². The van der Waals surface area contributed by atoms with Crippen molar-refractivity contribution in [3.8, 4) is 0 Å². The minimum Gasteiger partial charge on any atom is -0.324 e. The molecule has 3 rings (SSSR count). The fourth-order valence-electron chi connectivity index (χ4n) is 3.60. The molecular weight excluding hydrogens is 268 g/mol. The fourth-order valence-corrected chi connectivity index (χ4v) is 3.75. The molecule has 0 N–H and O–H groups in total. The Bertz CT molecular complexity index is 582. The van der Waals surface area contributed by atoms with Crippen molar-refractivity contribution >= 4 is 22.6 Å². The summed E-state index contributed by atoms with van der Waals surface area (Å²) in [5.74, 6) is 1.78. The van der Waals surface area contributed by atoms with Crippen LogP contribution in [0.4, 0.5) is 0 Å². The Morgan fingerprint density at radius 1 is 1.15 bits per heavy atom. The highest BCUT2D eigenvalue weighted by Gasteiger charge is 2.26. The molecule has 108 valence electrons. The van der Waals surface area contributed by atoms with Gasteiger partial charge in [-0.3, -0.25) is 0 Å². The second-order valence-electron chi connectivity index (χ2n) is 6.08. The Morgan fingerprint density at radius 3 is 2.55 bits per heavy atom. The number of nitrogens with zero attached hydrogens (tertiary/aromatic N) is 2. The molecule has 1 aliphatic carbocycles. The summed E-state index contributed by atoms with van der Waals surface area (Å²) < 4.78 is 2.39. The van der Waals surface area contributed by atoms with Crippen molar-refractivity contribution in [1.82, 2.24) is 9.55 Å². The van der Waals surface area contributed by atoms with Crippen molar-refractivity contribution in [3.05, 3.63) is 30.1 Å². The van der Waals surface area contributed by atoms with Crippen LogP contribution in [-0.2, 0) is 0 Å². The van der Waals surface area contributed by atoms with Gasteiger partial charge in [-0.15, -0.1) is 11.6 Å². The minimum absolute atomic E-state index is 0.0477. The Hall–Kier alpha value is -1.02. The molecule has 2 atom stereocenters. The topological polar surface area (TPSA) is 17.8 Å². The third-order valence-corrected chi connectivity index (χ3v) is 4.91. The number of fused-ring (bicyclic) bond motifs is 1. The summed E-state index contributed by atoms with van der Waals surface area (Å²) >= 11 is 6.38. The second-order valence-corrected chi connectivity index (χ2v) is 6.74. The van der Waals surface area contributed by atoms with E-state index in [1.54, 1.807) is 0 Å². The number of hydrogen-bond acceptors (Lipinski definition) is 1. The number of para-hydroxylation sites is 2. The molecule has 1 heterocycles. The van der Waals surface area contributed by atoms with Crippen molar-refractivity contribution in [3.63, 3.8) is 0 Å². The van der Waals surface area contributed by atoms with Crippen molar-refractivity contribution in [2.75, 3.05) is 0 Å². The third kappa shape index (κ3) is 2.46. The lowest BCUT2D eigenvalue weighted by molar-refractivity contribution is 0.264. The average Bonchev–Trinajstić information content (AvgIpc) is 2.87. The Kier molecular flexibility index (Phi) is 4.02. The lowest BCUT2D eigenvalue weighted by Crippen LogP contribution is -2.21. The zero-order chi connectivity index (χ0) is 14.1. The van der Waals surface area contributed by atoms with E-state index in [1.807, 2.05) is 13.0 Å². The number of imidazole rings is 1. The number of rotatable bonds is 3. The minimum atomic E-state index is -0.0477. The zero-order valence-electron chi connectivity index (χ0n) is 12.3. The van der Waals surface area contributed by atoms with Crippen LogP contribution in [0, 0.1) is 5.92 Å². The predicted molar refractivity (Wildman–Crippen MR) is 85.3 cm³/mol. The molecule has 2 nitrogen and oxygen atoms in total. The van der Waals surface area contributed by atoms with E-state index in [0.717, 1.165) is 17.3 Å². The van der Waals surface area contributed by atoms with E-state index in [9.17, 15) is 0 Å². The van der Waals surface area contributed by atoms with E-state index in [0.29, 0.717) is 6.04 Å². The summed E-state index contributed by atoms with van der Waals surface area (Å²) in [6, 6.07) is 8.88. The first-order valence-corrected chi connectivity index (χ1v) is 8.23. The predicted octanol–water partition coefficient (Wildman–Crippen LogP) is 5.48. The molecule has 1 saturated carbocycles. The highest BCUT2D eigenvalue weighted by atomic mass is 35.5. The summed E-state index contributed by atoms with van der Waals surface area (Å²) in [6.45, 7) is 4.36. The maximum absolute atomic E-state index is 6.38. The number of aromatic nitrogens is 2. The van der Waals surface area contributed by atoms with Gasteiger partial charge in [0, 0.05) is 6.04 Å². The van der Waals surface area contributed by atoms with Crippen LogP contribution in [0.15, 0.2) is 24.3 Å². The van der Waals surface area contributed by atoms with E-state index >= 15 is 0 Å². The van der Waals surface area contributed by atoms with Gasteiger partial charge < -0.3 is 4.57 Å². The van der Waals surface area contributed by atoms with E-state index in [4.69, 9.17) is 16.6 Å². The van der Waals surface area contributed by atoms with Gasteiger partial charge in [0.05, 0.1) is 16.4 Å². The average molecular weight is 291 g/mol. The van der Waals surface area contributed by atoms with Crippen LogP contribution in [0.5, 0.6) is 0 Å². The van der Waals surface area contributed by atoms with Crippen LogP contribution in [0.1, 0.15) is 63.2 Å². The molecule has 0 radical (unpaired) electrons. The molecule has 0 amide bonds. The molecule has 0 aliphatic heterocycles. The van der Waals surface area contributed by atoms with Crippen molar-refractivity contribution in [1.29, 1.82) is 0 Å². The van der Waals surface area contributed by atoms with E-state index in [-0.39, 0.29) is 5.38 Å². The molecule has 0 spiro atoms. The Balaban J connectivity index is 2.05. The van der Waals surface area contributed by atoms with Crippen molar-refractivity contribution in [2.45, 2.75) is 57.4 Å². The van der Waals surface area contributed by atoms with E-state index < -0.39 is 0 Å². The Morgan fingerprint density at radius 2 is 1.85 bits per heavy atom. The number of hydrogen-bond donors (Lipinski definition) is 0. The van der Waals surface area contributed by atoms with Gasteiger partial charge in [0.1, 0.15) is 5.82 Å².